The highest BCUT2D eigenvalue weighted by Gasteiger charge is 2.18. The fourth-order valence-corrected chi connectivity index (χ4v) is 3.65. The highest BCUT2D eigenvalue weighted by atomic mass is 16.1. The van der Waals surface area contributed by atoms with Crippen molar-refractivity contribution in [1.82, 2.24) is 24.8 Å². The molecule has 1 aliphatic rings. The summed E-state index contributed by atoms with van der Waals surface area (Å²) in [6.07, 6.45) is 4.49. The SMILES string of the molecule is CCCN1CCN(c2ccc(C(=O)Nc3cc(C)nc(-c4ccccn4)n3)cn2)CC1. The van der Waals surface area contributed by atoms with E-state index in [0.29, 0.717) is 22.9 Å². The Morgan fingerprint density at radius 3 is 2.58 bits per heavy atom. The van der Waals surface area contributed by atoms with Gasteiger partial charge in [0.05, 0.1) is 5.56 Å². The van der Waals surface area contributed by atoms with Gasteiger partial charge in [0.2, 0.25) is 0 Å². The zero-order valence-electron chi connectivity index (χ0n) is 18.0. The molecular weight excluding hydrogens is 390 g/mol. The first kappa shape index (κ1) is 20.9. The molecule has 0 aliphatic carbocycles. The number of carbonyl (C=O) groups excluding carboxylic acids is 1. The van der Waals surface area contributed by atoms with Crippen LogP contribution in [-0.4, -0.2) is 63.5 Å². The van der Waals surface area contributed by atoms with E-state index in [1.807, 2.05) is 37.3 Å². The maximum atomic E-state index is 12.7. The molecule has 4 rings (SSSR count). The Balaban J connectivity index is 1.42. The van der Waals surface area contributed by atoms with Crippen molar-refractivity contribution < 1.29 is 4.79 Å². The van der Waals surface area contributed by atoms with Crippen LogP contribution < -0.4 is 10.2 Å². The minimum atomic E-state index is -0.253. The number of rotatable bonds is 6. The Labute approximate surface area is 182 Å². The third-order valence-electron chi connectivity index (χ3n) is 5.24. The van der Waals surface area contributed by atoms with Gasteiger partial charge in [-0.2, -0.15) is 0 Å². The fourth-order valence-electron chi connectivity index (χ4n) is 3.65. The predicted octanol–water partition coefficient (Wildman–Crippen LogP) is 3.03. The van der Waals surface area contributed by atoms with Gasteiger partial charge in [-0.1, -0.05) is 13.0 Å². The summed E-state index contributed by atoms with van der Waals surface area (Å²) in [4.78, 5) is 35.1. The van der Waals surface area contributed by atoms with Crippen molar-refractivity contribution in [3.8, 4) is 11.5 Å². The van der Waals surface area contributed by atoms with Gasteiger partial charge in [-0.25, -0.2) is 15.0 Å². The van der Waals surface area contributed by atoms with Crippen LogP contribution in [0.1, 0.15) is 29.4 Å². The van der Waals surface area contributed by atoms with Gasteiger partial charge >= 0.3 is 0 Å². The average molecular weight is 418 g/mol. The van der Waals surface area contributed by atoms with Crippen LogP contribution in [0.3, 0.4) is 0 Å². The molecule has 3 aromatic rings. The quantitative estimate of drug-likeness (QED) is 0.660. The number of aromatic nitrogens is 4. The molecule has 1 fully saturated rings. The summed E-state index contributed by atoms with van der Waals surface area (Å²) in [5, 5.41) is 2.85. The Kier molecular flexibility index (Phi) is 6.47. The van der Waals surface area contributed by atoms with E-state index < -0.39 is 0 Å². The van der Waals surface area contributed by atoms with Crippen LogP contribution >= 0.6 is 0 Å². The van der Waals surface area contributed by atoms with Crippen molar-refractivity contribution in [2.24, 2.45) is 0 Å². The average Bonchev–Trinajstić information content (AvgIpc) is 2.80. The first-order valence-electron chi connectivity index (χ1n) is 10.6. The number of pyridine rings is 2. The Morgan fingerprint density at radius 1 is 1.06 bits per heavy atom. The van der Waals surface area contributed by atoms with Gasteiger partial charge in [-0.15, -0.1) is 0 Å². The van der Waals surface area contributed by atoms with E-state index in [2.05, 4.69) is 42.0 Å². The number of nitrogens with one attached hydrogen (secondary N) is 1. The minimum Gasteiger partial charge on any atom is -0.354 e. The smallest absolute Gasteiger partial charge is 0.258 e. The van der Waals surface area contributed by atoms with Crippen molar-refractivity contribution in [2.75, 3.05) is 42.9 Å². The van der Waals surface area contributed by atoms with Gasteiger partial charge in [0.25, 0.3) is 5.91 Å². The lowest BCUT2D eigenvalue weighted by Crippen LogP contribution is -2.46. The second-order valence-corrected chi connectivity index (χ2v) is 7.62. The Bertz CT molecular complexity index is 1020. The van der Waals surface area contributed by atoms with E-state index in [0.717, 1.165) is 44.2 Å². The van der Waals surface area contributed by atoms with E-state index in [4.69, 9.17) is 0 Å². The van der Waals surface area contributed by atoms with E-state index in [1.165, 1.54) is 6.42 Å². The molecule has 8 heteroatoms. The summed E-state index contributed by atoms with van der Waals surface area (Å²) in [5.41, 5.74) is 1.90. The van der Waals surface area contributed by atoms with Gasteiger partial charge in [0.15, 0.2) is 5.82 Å². The van der Waals surface area contributed by atoms with Gasteiger partial charge in [-0.05, 0) is 44.2 Å². The number of aryl methyl sites for hydroxylation is 1. The molecule has 1 saturated heterocycles. The molecule has 4 heterocycles. The highest BCUT2D eigenvalue weighted by molar-refractivity contribution is 6.03. The molecule has 8 nitrogen and oxygen atoms in total. The van der Waals surface area contributed by atoms with Crippen LogP contribution in [0.4, 0.5) is 11.6 Å². The number of piperazine rings is 1. The zero-order valence-corrected chi connectivity index (χ0v) is 18.0. The van der Waals surface area contributed by atoms with Crippen LogP contribution in [0.15, 0.2) is 48.8 Å². The van der Waals surface area contributed by atoms with E-state index >= 15 is 0 Å². The molecule has 0 unspecified atom stereocenters. The van der Waals surface area contributed by atoms with E-state index in [1.54, 1.807) is 18.5 Å². The van der Waals surface area contributed by atoms with Crippen molar-refractivity contribution in [3.63, 3.8) is 0 Å². The summed E-state index contributed by atoms with van der Waals surface area (Å²) in [7, 11) is 0. The number of amides is 1. The van der Waals surface area contributed by atoms with Crippen LogP contribution in [0.2, 0.25) is 0 Å². The summed E-state index contributed by atoms with van der Waals surface area (Å²) in [6.45, 7) is 9.21. The van der Waals surface area contributed by atoms with Crippen molar-refractivity contribution in [1.29, 1.82) is 0 Å². The molecule has 0 spiro atoms. The Morgan fingerprint density at radius 2 is 1.90 bits per heavy atom. The lowest BCUT2D eigenvalue weighted by atomic mass is 10.2. The molecular formula is C23H27N7O. The third-order valence-corrected chi connectivity index (χ3v) is 5.24. The molecule has 1 N–H and O–H groups in total. The first-order valence-corrected chi connectivity index (χ1v) is 10.6. The zero-order chi connectivity index (χ0) is 21.6. The summed E-state index contributed by atoms with van der Waals surface area (Å²) in [6, 6.07) is 11.0. The summed E-state index contributed by atoms with van der Waals surface area (Å²) in [5.74, 6) is 1.57. The number of anilines is 2. The molecule has 0 aromatic carbocycles. The normalized spacial score (nSPS) is 14.5. The van der Waals surface area contributed by atoms with Gasteiger partial charge in [-0.3, -0.25) is 14.7 Å². The molecule has 1 amide bonds. The molecule has 0 saturated carbocycles. The number of nitrogens with zero attached hydrogens (tertiary/aromatic N) is 6. The maximum absolute atomic E-state index is 12.7. The first-order chi connectivity index (χ1) is 15.1. The predicted molar refractivity (Wildman–Crippen MR) is 121 cm³/mol. The highest BCUT2D eigenvalue weighted by Crippen LogP contribution is 2.17. The minimum absolute atomic E-state index is 0.253. The van der Waals surface area contributed by atoms with Crippen molar-refractivity contribution >= 4 is 17.5 Å². The molecule has 31 heavy (non-hydrogen) atoms. The number of carbonyl (C=O) groups is 1. The number of hydrogen-bond acceptors (Lipinski definition) is 7. The topological polar surface area (TPSA) is 87.1 Å². The molecule has 3 aromatic heterocycles. The van der Waals surface area contributed by atoms with Crippen LogP contribution in [0, 0.1) is 6.92 Å². The van der Waals surface area contributed by atoms with Crippen LogP contribution in [-0.2, 0) is 0 Å². The Hall–Kier alpha value is -3.39. The van der Waals surface area contributed by atoms with Gasteiger partial charge in [0.1, 0.15) is 17.3 Å². The third kappa shape index (κ3) is 5.21. The fraction of sp³-hybridized carbons (Fsp3) is 0.348. The standard InChI is InChI=1S/C23H27N7O/c1-3-10-29-11-13-30(14-12-29)21-8-7-18(16-25-21)23(31)28-20-15-17(2)26-22(27-20)19-6-4-5-9-24-19/h4-9,15-16H,3,10-14H2,1-2H3,(H,26,27,28,31). The van der Waals surface area contributed by atoms with E-state index in [9.17, 15) is 4.79 Å². The number of hydrogen-bond donors (Lipinski definition) is 1. The lowest BCUT2D eigenvalue weighted by molar-refractivity contribution is 0.102. The van der Waals surface area contributed by atoms with Gasteiger partial charge in [0, 0.05) is 50.3 Å². The summed E-state index contributed by atoms with van der Waals surface area (Å²) >= 11 is 0. The van der Waals surface area contributed by atoms with Crippen molar-refractivity contribution in [2.45, 2.75) is 20.3 Å². The van der Waals surface area contributed by atoms with Gasteiger partial charge < -0.3 is 10.2 Å². The van der Waals surface area contributed by atoms with Crippen LogP contribution in [0.25, 0.3) is 11.5 Å². The van der Waals surface area contributed by atoms with Crippen molar-refractivity contribution in [3.05, 3.63) is 60.0 Å². The molecule has 0 bridgehead atoms. The largest absolute Gasteiger partial charge is 0.354 e. The second-order valence-electron chi connectivity index (χ2n) is 7.62. The molecule has 1 aliphatic heterocycles. The van der Waals surface area contributed by atoms with E-state index in [-0.39, 0.29) is 5.91 Å². The van der Waals surface area contributed by atoms with Crippen LogP contribution in [0.5, 0.6) is 0 Å². The summed E-state index contributed by atoms with van der Waals surface area (Å²) < 4.78 is 0. The lowest BCUT2D eigenvalue weighted by Gasteiger charge is -2.35. The molecule has 0 atom stereocenters. The maximum Gasteiger partial charge on any atom is 0.258 e. The second kappa shape index (κ2) is 9.61. The molecule has 0 radical (unpaired) electrons. The monoisotopic (exact) mass is 417 g/mol. The molecule has 160 valence electrons.